The van der Waals surface area contributed by atoms with Gasteiger partial charge >= 0.3 is 0 Å². The van der Waals surface area contributed by atoms with E-state index >= 15 is 0 Å². The predicted octanol–water partition coefficient (Wildman–Crippen LogP) is 1.95. The Bertz CT molecular complexity index is 640. The summed E-state index contributed by atoms with van der Waals surface area (Å²) in [5.74, 6) is 0. The molecule has 0 aliphatic heterocycles. The van der Waals surface area contributed by atoms with Gasteiger partial charge < -0.3 is 5.41 Å². The van der Waals surface area contributed by atoms with Crippen molar-refractivity contribution in [1.29, 1.82) is 10.8 Å². The van der Waals surface area contributed by atoms with E-state index in [2.05, 4.69) is 0 Å². The fourth-order valence-electron chi connectivity index (χ4n) is 1.47. The van der Waals surface area contributed by atoms with E-state index in [1.54, 1.807) is 18.2 Å². The van der Waals surface area contributed by atoms with Gasteiger partial charge in [0.05, 0.1) is 21.2 Å². The molecule has 1 aromatic rings. The molecule has 0 saturated carbocycles. The molecule has 0 atom stereocenters. The summed E-state index contributed by atoms with van der Waals surface area (Å²) in [6.45, 7) is 0. The lowest BCUT2D eigenvalue weighted by Gasteiger charge is -2.11. The van der Waals surface area contributed by atoms with Crippen LogP contribution in [0.15, 0.2) is 58.4 Å². The minimum atomic E-state index is -3.70. The molecule has 0 fully saturated rings. The van der Waals surface area contributed by atoms with Crippen molar-refractivity contribution in [1.82, 2.24) is 0 Å². The monoisotopic (exact) mass is 246 g/mol. The van der Waals surface area contributed by atoms with E-state index in [1.165, 1.54) is 30.4 Å². The highest BCUT2D eigenvalue weighted by atomic mass is 32.2. The third-order valence-electron chi connectivity index (χ3n) is 2.32. The predicted molar refractivity (Wildman–Crippen MR) is 66.3 cm³/mol. The Morgan fingerprint density at radius 1 is 0.941 bits per heavy atom. The van der Waals surface area contributed by atoms with Crippen LogP contribution in [0.5, 0.6) is 0 Å². The van der Waals surface area contributed by atoms with Crippen molar-refractivity contribution in [3.05, 3.63) is 53.5 Å². The zero-order chi connectivity index (χ0) is 12.5. The molecule has 0 unspecified atom stereocenters. The Balaban J connectivity index is 2.55. The quantitative estimate of drug-likeness (QED) is 0.782. The standard InChI is InChI=1S/C12H10N2O2S/c13-9-6-7-11(14)12(8-9)17(15,16)10-4-2-1-3-5-10/h1-8,13-14H. The molecule has 0 spiro atoms. The van der Waals surface area contributed by atoms with Crippen molar-refractivity contribution >= 4 is 21.3 Å². The van der Waals surface area contributed by atoms with Crippen LogP contribution in [0.2, 0.25) is 0 Å². The van der Waals surface area contributed by atoms with E-state index in [-0.39, 0.29) is 21.2 Å². The van der Waals surface area contributed by atoms with Crippen molar-refractivity contribution in [3.8, 4) is 0 Å². The van der Waals surface area contributed by atoms with Crippen LogP contribution in [0, 0.1) is 10.8 Å². The van der Waals surface area contributed by atoms with Crippen LogP contribution in [0.25, 0.3) is 0 Å². The molecule has 86 valence electrons. The number of benzene rings is 1. The Labute approximate surface area is 99.2 Å². The highest BCUT2D eigenvalue weighted by Crippen LogP contribution is 2.22. The summed E-state index contributed by atoms with van der Waals surface area (Å²) >= 11 is 0. The van der Waals surface area contributed by atoms with E-state index in [0.717, 1.165) is 0 Å². The molecule has 1 aliphatic rings. The van der Waals surface area contributed by atoms with Gasteiger partial charge in [0, 0.05) is 0 Å². The molecule has 17 heavy (non-hydrogen) atoms. The van der Waals surface area contributed by atoms with E-state index in [4.69, 9.17) is 10.8 Å². The number of allylic oxidation sites excluding steroid dienone is 4. The summed E-state index contributed by atoms with van der Waals surface area (Å²) in [5.41, 5.74) is -0.0136. The second-order valence-corrected chi connectivity index (χ2v) is 5.45. The molecule has 2 N–H and O–H groups in total. The summed E-state index contributed by atoms with van der Waals surface area (Å²) in [6.07, 6.45) is 3.91. The Kier molecular flexibility index (Phi) is 2.77. The number of rotatable bonds is 2. The molecule has 0 bridgehead atoms. The maximum atomic E-state index is 12.2. The fourth-order valence-corrected chi connectivity index (χ4v) is 2.88. The van der Waals surface area contributed by atoms with E-state index in [0.29, 0.717) is 0 Å². The van der Waals surface area contributed by atoms with Crippen LogP contribution in [0.4, 0.5) is 0 Å². The zero-order valence-corrected chi connectivity index (χ0v) is 9.66. The van der Waals surface area contributed by atoms with Crippen LogP contribution in [-0.4, -0.2) is 19.8 Å². The van der Waals surface area contributed by atoms with Crippen LogP contribution in [0.3, 0.4) is 0 Å². The van der Waals surface area contributed by atoms with E-state index < -0.39 is 9.84 Å². The minimum Gasteiger partial charge on any atom is -0.301 e. The van der Waals surface area contributed by atoms with E-state index in [1.807, 2.05) is 0 Å². The van der Waals surface area contributed by atoms with Crippen LogP contribution in [0.1, 0.15) is 0 Å². The second-order valence-electron chi connectivity index (χ2n) is 3.53. The molecule has 0 heterocycles. The van der Waals surface area contributed by atoms with Gasteiger partial charge in [0.2, 0.25) is 9.84 Å². The Hall–Kier alpha value is -2.01. The molecule has 0 aromatic heterocycles. The number of sulfone groups is 1. The molecular formula is C12H10N2O2S. The third-order valence-corrected chi connectivity index (χ3v) is 4.13. The molecule has 0 saturated heterocycles. The zero-order valence-electron chi connectivity index (χ0n) is 8.84. The van der Waals surface area contributed by atoms with Gasteiger partial charge in [-0.1, -0.05) is 18.2 Å². The average molecular weight is 246 g/mol. The first-order valence-electron chi connectivity index (χ1n) is 4.89. The number of nitrogens with one attached hydrogen (secondary N) is 2. The van der Waals surface area contributed by atoms with Crippen molar-refractivity contribution in [2.75, 3.05) is 0 Å². The molecule has 4 nitrogen and oxygen atoms in total. The molecule has 2 rings (SSSR count). The number of hydrogen-bond acceptors (Lipinski definition) is 4. The number of hydrogen-bond donors (Lipinski definition) is 2. The maximum absolute atomic E-state index is 12.2. The summed E-state index contributed by atoms with van der Waals surface area (Å²) in [5, 5.41) is 15.0. The van der Waals surface area contributed by atoms with Crippen molar-refractivity contribution < 1.29 is 8.42 Å². The van der Waals surface area contributed by atoms with Crippen molar-refractivity contribution in [3.63, 3.8) is 0 Å². The lowest BCUT2D eigenvalue weighted by atomic mass is 10.1. The normalized spacial score (nSPS) is 15.9. The highest BCUT2D eigenvalue weighted by Gasteiger charge is 2.24. The fraction of sp³-hybridized carbons (Fsp3) is 0. The first-order chi connectivity index (χ1) is 8.01. The minimum absolute atomic E-state index is 0.0792. The van der Waals surface area contributed by atoms with Crippen LogP contribution in [-0.2, 0) is 9.84 Å². The van der Waals surface area contributed by atoms with Crippen molar-refractivity contribution in [2.45, 2.75) is 4.90 Å². The summed E-state index contributed by atoms with van der Waals surface area (Å²) < 4.78 is 24.4. The summed E-state index contributed by atoms with van der Waals surface area (Å²) in [7, 11) is -3.70. The largest absolute Gasteiger partial charge is 0.301 e. The molecule has 0 radical (unpaired) electrons. The van der Waals surface area contributed by atoms with Gasteiger partial charge in [0.25, 0.3) is 0 Å². The molecule has 1 aromatic carbocycles. The van der Waals surface area contributed by atoms with Gasteiger partial charge in [-0.05, 0) is 30.4 Å². The topological polar surface area (TPSA) is 81.8 Å². The van der Waals surface area contributed by atoms with Crippen LogP contribution >= 0.6 is 0 Å². The molecule has 0 amide bonds. The van der Waals surface area contributed by atoms with Gasteiger partial charge in [-0.25, -0.2) is 8.42 Å². The van der Waals surface area contributed by atoms with Gasteiger partial charge in [-0.2, -0.15) is 0 Å². The lowest BCUT2D eigenvalue weighted by Crippen LogP contribution is -2.16. The molecule has 5 heteroatoms. The molecular weight excluding hydrogens is 236 g/mol. The van der Waals surface area contributed by atoms with Gasteiger partial charge in [-0.3, -0.25) is 5.41 Å². The SMILES string of the molecule is N=C1C=CC(=N)C(S(=O)(=O)c2ccccc2)=C1. The van der Waals surface area contributed by atoms with E-state index in [9.17, 15) is 8.42 Å². The maximum Gasteiger partial charge on any atom is 0.208 e. The van der Waals surface area contributed by atoms with Crippen molar-refractivity contribution in [2.24, 2.45) is 0 Å². The van der Waals surface area contributed by atoms with Gasteiger partial charge in [0.1, 0.15) is 0 Å². The van der Waals surface area contributed by atoms with Gasteiger partial charge in [0.15, 0.2) is 0 Å². The second kappa shape index (κ2) is 4.10. The smallest absolute Gasteiger partial charge is 0.208 e. The lowest BCUT2D eigenvalue weighted by molar-refractivity contribution is 0.603. The first kappa shape index (κ1) is 11.5. The Morgan fingerprint density at radius 2 is 1.59 bits per heavy atom. The first-order valence-corrected chi connectivity index (χ1v) is 6.37. The Morgan fingerprint density at radius 3 is 2.24 bits per heavy atom. The summed E-state index contributed by atoms with van der Waals surface area (Å²) in [6, 6.07) is 7.93. The summed E-state index contributed by atoms with van der Waals surface area (Å²) in [4.78, 5) is 0.00954. The van der Waals surface area contributed by atoms with Crippen LogP contribution < -0.4 is 0 Å². The van der Waals surface area contributed by atoms with Gasteiger partial charge in [-0.15, -0.1) is 0 Å². The average Bonchev–Trinajstić information content (AvgIpc) is 2.33. The third kappa shape index (κ3) is 2.09. The highest BCUT2D eigenvalue weighted by molar-refractivity contribution is 7.96. The molecule has 1 aliphatic carbocycles.